The molecule has 148 valence electrons. The number of esters is 1. The zero-order valence-electron chi connectivity index (χ0n) is 15.5. The Balaban J connectivity index is 1.79. The first-order valence-electron chi connectivity index (χ1n) is 8.36. The maximum Gasteiger partial charge on any atom is 0.309 e. The number of hydrogen-bond donors (Lipinski definition) is 1. The van der Waals surface area contributed by atoms with Gasteiger partial charge in [0, 0.05) is 0 Å². The monoisotopic (exact) mass is 388 g/mol. The number of nitrogens with zero attached hydrogens (tertiary/aromatic N) is 1. The molecule has 0 aliphatic carbocycles. The molecule has 0 unspecified atom stereocenters. The molecule has 2 aromatic carbocycles. The largest absolute Gasteiger partial charge is 0.496 e. The number of benzene rings is 2. The van der Waals surface area contributed by atoms with E-state index in [9.17, 15) is 19.7 Å². The van der Waals surface area contributed by atoms with E-state index in [-0.39, 0.29) is 30.2 Å². The first kappa shape index (κ1) is 20.7. The number of nitro groups is 1. The molecular weight excluding hydrogens is 368 g/mol. The molecular formula is C19H20N2O7. The van der Waals surface area contributed by atoms with Crippen molar-refractivity contribution in [2.45, 2.75) is 13.3 Å². The van der Waals surface area contributed by atoms with E-state index in [4.69, 9.17) is 14.2 Å². The summed E-state index contributed by atoms with van der Waals surface area (Å²) in [7, 11) is 1.37. The highest BCUT2D eigenvalue weighted by Gasteiger charge is 2.18. The Labute approximate surface area is 161 Å². The first-order chi connectivity index (χ1) is 13.4. The summed E-state index contributed by atoms with van der Waals surface area (Å²) in [6.45, 7) is 1.47. The molecule has 28 heavy (non-hydrogen) atoms. The van der Waals surface area contributed by atoms with Crippen molar-refractivity contribution < 1.29 is 28.7 Å². The van der Waals surface area contributed by atoms with Crippen molar-refractivity contribution in [3.05, 3.63) is 58.1 Å². The van der Waals surface area contributed by atoms with E-state index in [1.807, 2.05) is 25.1 Å². The smallest absolute Gasteiger partial charge is 0.309 e. The van der Waals surface area contributed by atoms with Crippen molar-refractivity contribution in [3.63, 3.8) is 0 Å². The Morgan fingerprint density at radius 3 is 2.61 bits per heavy atom. The van der Waals surface area contributed by atoms with E-state index in [1.165, 1.54) is 25.3 Å². The van der Waals surface area contributed by atoms with Gasteiger partial charge in [-0.1, -0.05) is 12.1 Å². The molecule has 0 saturated carbocycles. The molecule has 0 aliphatic heterocycles. The normalized spacial score (nSPS) is 10.1. The van der Waals surface area contributed by atoms with Gasteiger partial charge in [-0.05, 0) is 36.8 Å². The third-order valence-electron chi connectivity index (χ3n) is 3.60. The van der Waals surface area contributed by atoms with E-state index in [0.717, 1.165) is 5.56 Å². The van der Waals surface area contributed by atoms with Crippen LogP contribution in [-0.2, 0) is 14.3 Å². The van der Waals surface area contributed by atoms with Crippen LogP contribution in [0.15, 0.2) is 42.5 Å². The van der Waals surface area contributed by atoms with Crippen LogP contribution in [0.5, 0.6) is 11.5 Å². The van der Waals surface area contributed by atoms with Gasteiger partial charge in [0.1, 0.15) is 17.2 Å². The van der Waals surface area contributed by atoms with Crippen molar-refractivity contribution in [1.82, 2.24) is 0 Å². The fraction of sp³-hybridized carbons (Fsp3) is 0.263. The van der Waals surface area contributed by atoms with Crippen LogP contribution in [0.1, 0.15) is 12.0 Å². The molecule has 2 aromatic rings. The molecule has 0 heterocycles. The highest BCUT2D eigenvalue weighted by atomic mass is 16.6. The molecule has 1 amide bonds. The number of methoxy groups -OCH3 is 1. The van der Waals surface area contributed by atoms with Gasteiger partial charge in [0.2, 0.25) is 0 Å². The Kier molecular flexibility index (Phi) is 7.32. The zero-order valence-corrected chi connectivity index (χ0v) is 15.5. The maximum atomic E-state index is 11.9. The minimum absolute atomic E-state index is 0.0189. The van der Waals surface area contributed by atoms with Crippen LogP contribution in [0.2, 0.25) is 0 Å². The third-order valence-corrected chi connectivity index (χ3v) is 3.60. The maximum absolute atomic E-state index is 11.9. The van der Waals surface area contributed by atoms with Crippen LogP contribution < -0.4 is 14.8 Å². The predicted molar refractivity (Wildman–Crippen MR) is 101 cm³/mol. The lowest BCUT2D eigenvalue weighted by atomic mass is 10.2. The van der Waals surface area contributed by atoms with Crippen molar-refractivity contribution in [3.8, 4) is 11.5 Å². The summed E-state index contributed by atoms with van der Waals surface area (Å²) in [4.78, 5) is 34.1. The van der Waals surface area contributed by atoms with Gasteiger partial charge in [0.25, 0.3) is 11.6 Å². The average Bonchev–Trinajstić information content (AvgIpc) is 2.66. The number of aryl methyl sites for hydroxylation is 1. The number of nitrogens with one attached hydrogen (secondary N) is 1. The van der Waals surface area contributed by atoms with Crippen LogP contribution >= 0.6 is 0 Å². The molecule has 0 fully saturated rings. The van der Waals surface area contributed by atoms with Crippen molar-refractivity contribution in [1.29, 1.82) is 0 Å². The number of carbonyl (C=O) groups is 2. The molecule has 2 rings (SSSR count). The summed E-state index contributed by atoms with van der Waals surface area (Å²) < 4.78 is 15.2. The molecule has 1 N–H and O–H groups in total. The van der Waals surface area contributed by atoms with Crippen LogP contribution in [0.4, 0.5) is 11.4 Å². The summed E-state index contributed by atoms with van der Waals surface area (Å²) in [6.07, 6.45) is -0.0378. The summed E-state index contributed by atoms with van der Waals surface area (Å²) >= 11 is 0. The molecule has 0 atom stereocenters. The first-order valence-corrected chi connectivity index (χ1v) is 8.36. The van der Waals surface area contributed by atoms with Crippen molar-refractivity contribution in [2.75, 3.05) is 25.6 Å². The predicted octanol–water partition coefficient (Wildman–Crippen LogP) is 2.86. The van der Waals surface area contributed by atoms with Gasteiger partial charge >= 0.3 is 5.97 Å². The lowest BCUT2D eigenvalue weighted by Gasteiger charge is -2.09. The molecule has 0 bridgehead atoms. The second-order valence-electron chi connectivity index (χ2n) is 5.76. The fourth-order valence-corrected chi connectivity index (χ4v) is 2.26. The van der Waals surface area contributed by atoms with E-state index in [1.54, 1.807) is 6.07 Å². The summed E-state index contributed by atoms with van der Waals surface area (Å²) in [5.74, 6) is -0.393. The molecule has 0 radical (unpaired) electrons. The van der Waals surface area contributed by atoms with E-state index < -0.39 is 23.4 Å². The van der Waals surface area contributed by atoms with E-state index >= 15 is 0 Å². The Morgan fingerprint density at radius 1 is 1.14 bits per heavy atom. The molecule has 9 nitrogen and oxygen atoms in total. The van der Waals surface area contributed by atoms with Gasteiger partial charge in [-0.25, -0.2) is 0 Å². The van der Waals surface area contributed by atoms with Gasteiger partial charge in [0.15, 0.2) is 6.61 Å². The highest BCUT2D eigenvalue weighted by molar-refractivity contribution is 5.95. The Hall–Kier alpha value is -3.62. The van der Waals surface area contributed by atoms with E-state index in [0.29, 0.717) is 5.75 Å². The van der Waals surface area contributed by atoms with E-state index in [2.05, 4.69) is 5.32 Å². The summed E-state index contributed by atoms with van der Waals surface area (Å²) in [5.41, 5.74) is 0.685. The average molecular weight is 388 g/mol. The minimum Gasteiger partial charge on any atom is -0.496 e. The standard InChI is InChI=1S/C19H20N2O7/c1-13-4-3-5-15(10-13)27-9-8-19(23)28-12-18(22)20-16-7-6-14(26-2)11-17(16)21(24)25/h3-7,10-11H,8-9,12H2,1-2H3,(H,20,22). The van der Waals surface area contributed by atoms with Gasteiger partial charge in [-0.2, -0.15) is 0 Å². The topological polar surface area (TPSA) is 117 Å². The fourth-order valence-electron chi connectivity index (χ4n) is 2.26. The van der Waals surface area contributed by atoms with Crippen LogP contribution in [0.25, 0.3) is 0 Å². The number of nitro benzene ring substituents is 1. The van der Waals surface area contributed by atoms with Crippen LogP contribution in [0, 0.1) is 17.0 Å². The highest BCUT2D eigenvalue weighted by Crippen LogP contribution is 2.28. The number of carbonyl (C=O) groups excluding carboxylic acids is 2. The quantitative estimate of drug-likeness (QED) is 0.399. The van der Waals surface area contributed by atoms with Crippen molar-refractivity contribution in [2.24, 2.45) is 0 Å². The molecule has 0 aliphatic rings. The zero-order chi connectivity index (χ0) is 20.5. The molecule has 0 spiro atoms. The van der Waals surface area contributed by atoms with Gasteiger partial charge in [-0.3, -0.25) is 19.7 Å². The summed E-state index contributed by atoms with van der Waals surface area (Å²) in [5, 5.41) is 13.4. The second kappa shape index (κ2) is 9.91. The summed E-state index contributed by atoms with van der Waals surface area (Å²) in [6, 6.07) is 11.4. The van der Waals surface area contributed by atoms with Crippen LogP contribution in [0.3, 0.4) is 0 Å². The van der Waals surface area contributed by atoms with Crippen molar-refractivity contribution >= 4 is 23.3 Å². The SMILES string of the molecule is COc1ccc(NC(=O)COC(=O)CCOc2cccc(C)c2)c([N+](=O)[O-])c1. The minimum atomic E-state index is -0.693. The Bertz CT molecular complexity index is 867. The number of amides is 1. The van der Waals surface area contributed by atoms with Crippen LogP contribution in [-0.4, -0.2) is 37.1 Å². The lowest BCUT2D eigenvalue weighted by Crippen LogP contribution is -2.22. The number of ether oxygens (including phenoxy) is 3. The lowest BCUT2D eigenvalue weighted by molar-refractivity contribution is -0.384. The number of hydrogen-bond acceptors (Lipinski definition) is 7. The van der Waals surface area contributed by atoms with Gasteiger partial charge in [-0.15, -0.1) is 0 Å². The van der Waals surface area contributed by atoms with Gasteiger partial charge < -0.3 is 19.5 Å². The molecule has 9 heteroatoms. The number of rotatable bonds is 9. The van der Waals surface area contributed by atoms with Gasteiger partial charge in [0.05, 0.1) is 31.1 Å². The molecule has 0 aromatic heterocycles. The number of anilines is 1. The Morgan fingerprint density at radius 2 is 1.93 bits per heavy atom. The second-order valence-corrected chi connectivity index (χ2v) is 5.76. The molecule has 0 saturated heterocycles. The third kappa shape index (κ3) is 6.27.